The molecule has 0 aromatic carbocycles. The molecule has 2 atom stereocenters. The lowest BCUT2D eigenvalue weighted by Gasteiger charge is -2.32. The summed E-state index contributed by atoms with van der Waals surface area (Å²) in [7, 11) is 0. The van der Waals surface area contributed by atoms with Gasteiger partial charge in [0.15, 0.2) is 0 Å². The molecule has 1 aliphatic heterocycles. The molecule has 5 nitrogen and oxygen atoms in total. The first-order valence-electron chi connectivity index (χ1n) is 4.05. The normalized spacial score (nSPS) is 26.6. The van der Waals surface area contributed by atoms with Crippen molar-refractivity contribution in [2.75, 3.05) is 0 Å². The van der Waals surface area contributed by atoms with Gasteiger partial charge in [0.25, 0.3) is 5.24 Å². The first kappa shape index (κ1) is 11.4. The standard InChI is InChI=1S/C8H11ClO5/c1-8(2,3)12-7(11)5-4(6(9)10)13-14-5/h4-5H,1-3H3. The maximum atomic E-state index is 11.3. The van der Waals surface area contributed by atoms with Crippen LogP contribution < -0.4 is 0 Å². The second kappa shape index (κ2) is 3.84. The molecule has 2 unspecified atom stereocenters. The fourth-order valence-electron chi connectivity index (χ4n) is 0.846. The quantitative estimate of drug-likeness (QED) is 0.393. The Hall–Kier alpha value is -0.650. The van der Waals surface area contributed by atoms with Gasteiger partial charge >= 0.3 is 5.97 Å². The van der Waals surface area contributed by atoms with Gasteiger partial charge in [-0.3, -0.25) is 4.79 Å². The van der Waals surface area contributed by atoms with Gasteiger partial charge in [-0.1, -0.05) is 0 Å². The maximum absolute atomic E-state index is 11.3. The highest BCUT2D eigenvalue weighted by Crippen LogP contribution is 2.22. The number of ether oxygens (including phenoxy) is 1. The fraction of sp³-hybridized carbons (Fsp3) is 0.750. The molecule has 1 aliphatic rings. The van der Waals surface area contributed by atoms with E-state index >= 15 is 0 Å². The minimum atomic E-state index is -1.05. The van der Waals surface area contributed by atoms with E-state index in [4.69, 9.17) is 16.3 Å². The van der Waals surface area contributed by atoms with Crippen molar-refractivity contribution in [3.05, 3.63) is 0 Å². The van der Waals surface area contributed by atoms with Gasteiger partial charge < -0.3 is 4.74 Å². The van der Waals surface area contributed by atoms with Crippen LogP contribution in [0.4, 0.5) is 0 Å². The highest BCUT2D eigenvalue weighted by atomic mass is 35.5. The summed E-state index contributed by atoms with van der Waals surface area (Å²) in [5, 5.41) is -0.771. The van der Waals surface area contributed by atoms with Crippen molar-refractivity contribution in [2.45, 2.75) is 38.6 Å². The molecule has 0 saturated carbocycles. The van der Waals surface area contributed by atoms with Gasteiger partial charge in [-0.25, -0.2) is 14.6 Å². The van der Waals surface area contributed by atoms with Crippen LogP contribution in [-0.2, 0) is 24.1 Å². The predicted molar refractivity (Wildman–Crippen MR) is 46.5 cm³/mol. The Balaban J connectivity index is 2.51. The second-order valence-electron chi connectivity index (χ2n) is 3.87. The number of esters is 1. The number of carbonyl (C=O) groups is 2. The van der Waals surface area contributed by atoms with Crippen molar-refractivity contribution in [3.8, 4) is 0 Å². The average Bonchev–Trinajstić information content (AvgIpc) is 1.75. The van der Waals surface area contributed by atoms with E-state index in [1.165, 1.54) is 0 Å². The summed E-state index contributed by atoms with van der Waals surface area (Å²) in [5.41, 5.74) is -0.629. The zero-order chi connectivity index (χ0) is 10.9. The molecule has 1 heterocycles. The highest BCUT2D eigenvalue weighted by Gasteiger charge is 2.47. The van der Waals surface area contributed by atoms with Crippen LogP contribution in [0.2, 0.25) is 0 Å². The van der Waals surface area contributed by atoms with Gasteiger partial charge in [-0.05, 0) is 32.4 Å². The summed E-state index contributed by atoms with van der Waals surface area (Å²) in [6, 6.07) is 0. The number of hydrogen-bond donors (Lipinski definition) is 0. The lowest BCUT2D eigenvalue weighted by atomic mass is 10.1. The third-order valence-electron chi connectivity index (χ3n) is 1.40. The van der Waals surface area contributed by atoms with Gasteiger partial charge in [-0.15, -0.1) is 0 Å². The first-order chi connectivity index (χ1) is 6.31. The Morgan fingerprint density at radius 3 is 2.00 bits per heavy atom. The molecule has 0 spiro atoms. The number of hydrogen-bond acceptors (Lipinski definition) is 5. The lowest BCUT2D eigenvalue weighted by Crippen LogP contribution is -2.53. The Labute approximate surface area is 86.2 Å². The molecule has 6 heteroatoms. The SMILES string of the molecule is CC(C)(C)OC(=O)C1OOC1C(=O)Cl. The van der Waals surface area contributed by atoms with E-state index in [1.807, 2.05) is 0 Å². The Bertz CT molecular complexity index is 257. The van der Waals surface area contributed by atoms with Crippen LogP contribution in [0.15, 0.2) is 0 Å². The Kier molecular flexibility index (Phi) is 3.14. The van der Waals surface area contributed by atoms with Crippen LogP contribution in [0.5, 0.6) is 0 Å². The van der Waals surface area contributed by atoms with Crippen molar-refractivity contribution in [1.29, 1.82) is 0 Å². The molecular weight excluding hydrogens is 212 g/mol. The van der Waals surface area contributed by atoms with E-state index in [2.05, 4.69) is 9.78 Å². The lowest BCUT2D eigenvalue weighted by molar-refractivity contribution is -0.440. The maximum Gasteiger partial charge on any atom is 0.342 e. The summed E-state index contributed by atoms with van der Waals surface area (Å²) in [6.07, 6.45) is -2.09. The summed E-state index contributed by atoms with van der Waals surface area (Å²) in [6.45, 7) is 5.13. The van der Waals surface area contributed by atoms with Crippen molar-refractivity contribution in [2.24, 2.45) is 0 Å². The van der Waals surface area contributed by atoms with Crippen molar-refractivity contribution >= 4 is 22.8 Å². The average molecular weight is 223 g/mol. The predicted octanol–water partition coefficient (Wildman–Crippen LogP) is 0.792. The third-order valence-corrected chi connectivity index (χ3v) is 1.62. The summed E-state index contributed by atoms with van der Waals surface area (Å²) in [5.74, 6) is -0.650. The van der Waals surface area contributed by atoms with Crippen LogP contribution in [0, 0.1) is 0 Å². The Morgan fingerprint density at radius 1 is 1.21 bits per heavy atom. The van der Waals surface area contributed by atoms with E-state index in [1.54, 1.807) is 20.8 Å². The summed E-state index contributed by atoms with van der Waals surface area (Å²) in [4.78, 5) is 30.8. The highest BCUT2D eigenvalue weighted by molar-refractivity contribution is 6.64. The van der Waals surface area contributed by atoms with Crippen molar-refractivity contribution in [1.82, 2.24) is 0 Å². The van der Waals surface area contributed by atoms with Crippen LogP contribution in [-0.4, -0.2) is 29.0 Å². The fourth-order valence-corrected chi connectivity index (χ4v) is 0.997. The van der Waals surface area contributed by atoms with Gasteiger partial charge in [0.2, 0.25) is 12.2 Å². The minimum Gasteiger partial charge on any atom is -0.458 e. The molecule has 0 aliphatic carbocycles. The zero-order valence-electron chi connectivity index (χ0n) is 8.07. The largest absolute Gasteiger partial charge is 0.458 e. The molecule has 0 aromatic heterocycles. The molecule has 0 amide bonds. The van der Waals surface area contributed by atoms with Crippen LogP contribution in [0.1, 0.15) is 20.8 Å². The molecule has 0 N–H and O–H groups in total. The Morgan fingerprint density at radius 2 is 1.71 bits per heavy atom. The number of rotatable bonds is 2. The van der Waals surface area contributed by atoms with Crippen molar-refractivity contribution in [3.63, 3.8) is 0 Å². The number of carbonyl (C=O) groups excluding carboxylic acids is 2. The summed E-state index contributed by atoms with van der Waals surface area (Å²) < 4.78 is 4.97. The molecule has 80 valence electrons. The van der Waals surface area contributed by atoms with E-state index in [9.17, 15) is 9.59 Å². The smallest absolute Gasteiger partial charge is 0.342 e. The minimum absolute atomic E-state index is 0.629. The van der Waals surface area contributed by atoms with Crippen molar-refractivity contribution < 1.29 is 24.1 Å². The van der Waals surface area contributed by atoms with Gasteiger partial charge in [0.1, 0.15) is 5.60 Å². The summed E-state index contributed by atoms with van der Waals surface area (Å²) >= 11 is 5.14. The molecule has 0 aromatic rings. The van der Waals surface area contributed by atoms with Crippen LogP contribution in [0.3, 0.4) is 0 Å². The van der Waals surface area contributed by atoms with E-state index in [0.29, 0.717) is 0 Å². The van der Waals surface area contributed by atoms with Crippen LogP contribution >= 0.6 is 11.6 Å². The van der Waals surface area contributed by atoms with E-state index < -0.39 is 29.0 Å². The molecule has 0 radical (unpaired) electrons. The number of halogens is 1. The molecular formula is C8H11ClO5. The van der Waals surface area contributed by atoms with E-state index in [-0.39, 0.29) is 0 Å². The van der Waals surface area contributed by atoms with Gasteiger partial charge in [0, 0.05) is 0 Å². The van der Waals surface area contributed by atoms with Gasteiger partial charge in [-0.2, -0.15) is 0 Å². The topological polar surface area (TPSA) is 61.8 Å². The van der Waals surface area contributed by atoms with Crippen LogP contribution in [0.25, 0.3) is 0 Å². The molecule has 1 saturated heterocycles. The van der Waals surface area contributed by atoms with Gasteiger partial charge in [0.05, 0.1) is 0 Å². The van der Waals surface area contributed by atoms with E-state index in [0.717, 1.165) is 0 Å². The molecule has 1 rings (SSSR count). The molecule has 0 bridgehead atoms. The molecule has 1 fully saturated rings. The second-order valence-corrected chi connectivity index (χ2v) is 4.24. The molecule has 14 heavy (non-hydrogen) atoms. The third kappa shape index (κ3) is 2.67. The monoisotopic (exact) mass is 222 g/mol. The zero-order valence-corrected chi connectivity index (χ0v) is 8.83. The first-order valence-corrected chi connectivity index (χ1v) is 4.43.